The average Bonchev–Trinajstić information content (AvgIpc) is 3.07. The molecule has 0 radical (unpaired) electrons. The number of aromatic nitrogens is 2. The molecule has 2 aliphatic rings. The van der Waals surface area contributed by atoms with Gasteiger partial charge in [-0.1, -0.05) is 0 Å². The minimum Gasteiger partial charge on any atom is -0.487 e. The van der Waals surface area contributed by atoms with Crippen molar-refractivity contribution < 1.29 is 27.4 Å². The number of benzene rings is 1. The number of morpholine rings is 1. The van der Waals surface area contributed by atoms with Gasteiger partial charge in [0, 0.05) is 49.7 Å². The van der Waals surface area contributed by atoms with E-state index in [4.69, 9.17) is 15.2 Å². The Morgan fingerprint density at radius 1 is 1.21 bits per heavy atom. The number of alkyl halides is 3. The van der Waals surface area contributed by atoms with Crippen molar-refractivity contribution in [1.29, 1.82) is 0 Å². The number of anilines is 2. The van der Waals surface area contributed by atoms with Crippen molar-refractivity contribution in [2.24, 2.45) is 5.73 Å². The Kier molecular flexibility index (Phi) is 5.91. The van der Waals surface area contributed by atoms with E-state index in [1.54, 1.807) is 0 Å². The largest absolute Gasteiger partial charge is 0.487 e. The lowest BCUT2D eigenvalue weighted by Crippen LogP contribution is -2.36. The number of rotatable bonds is 4. The average molecular weight is 463 g/mol. The van der Waals surface area contributed by atoms with Gasteiger partial charge in [0.15, 0.2) is 5.82 Å². The van der Waals surface area contributed by atoms with Gasteiger partial charge >= 0.3 is 6.18 Å². The number of hydrogen-bond donors (Lipinski definition) is 2. The van der Waals surface area contributed by atoms with E-state index >= 15 is 0 Å². The number of nitrogens with zero attached hydrogens (tertiary/aromatic N) is 3. The zero-order chi connectivity index (χ0) is 23.8. The van der Waals surface area contributed by atoms with Gasteiger partial charge in [-0.3, -0.25) is 4.79 Å². The van der Waals surface area contributed by atoms with Gasteiger partial charge in [-0.2, -0.15) is 13.2 Å². The van der Waals surface area contributed by atoms with E-state index in [0.29, 0.717) is 50.8 Å². The van der Waals surface area contributed by atoms with Crippen molar-refractivity contribution in [3.63, 3.8) is 0 Å². The summed E-state index contributed by atoms with van der Waals surface area (Å²) in [5.74, 6) is -0.0911. The quantitative estimate of drug-likeness (QED) is 0.672. The maximum atomic E-state index is 13.1. The van der Waals surface area contributed by atoms with Gasteiger partial charge in [-0.05, 0) is 19.9 Å². The summed E-state index contributed by atoms with van der Waals surface area (Å²) >= 11 is 0. The summed E-state index contributed by atoms with van der Waals surface area (Å²) in [5.41, 5.74) is 6.32. The number of halogens is 3. The SMILES string of the molecule is CC1(C)Cc2cc(NC(=O)C(=CN)c3ncc(C(F)(F)F)cn3)c(N3CCOCC3)cc2O1. The molecule has 0 aliphatic carbocycles. The van der Waals surface area contributed by atoms with Crippen molar-refractivity contribution in [3.8, 4) is 5.75 Å². The summed E-state index contributed by atoms with van der Waals surface area (Å²) in [6.07, 6.45) is -1.71. The highest BCUT2D eigenvalue weighted by atomic mass is 19.4. The van der Waals surface area contributed by atoms with E-state index in [1.165, 1.54) is 0 Å². The van der Waals surface area contributed by atoms with Crippen LogP contribution in [0.15, 0.2) is 30.7 Å². The normalized spacial score (nSPS) is 18.0. The van der Waals surface area contributed by atoms with Crippen molar-refractivity contribution in [1.82, 2.24) is 9.97 Å². The Hall–Kier alpha value is -3.34. The number of nitrogens with one attached hydrogen (secondary N) is 1. The number of fused-ring (bicyclic) bond motifs is 1. The smallest absolute Gasteiger partial charge is 0.419 e. The van der Waals surface area contributed by atoms with Crippen molar-refractivity contribution >= 4 is 22.9 Å². The van der Waals surface area contributed by atoms with Crippen molar-refractivity contribution in [2.75, 3.05) is 36.5 Å². The molecule has 0 spiro atoms. The van der Waals surface area contributed by atoms with Gasteiger partial charge in [-0.25, -0.2) is 9.97 Å². The number of ether oxygens (including phenoxy) is 2. The first-order chi connectivity index (χ1) is 15.6. The second kappa shape index (κ2) is 8.54. The standard InChI is InChI=1S/C22H24F3N5O3/c1-21(2)9-13-7-16(17(8-18(13)33-21)30-3-5-32-6-4-30)29-20(31)15(10-26)19-27-11-14(12-28-19)22(23,24)25/h7-8,10-12H,3-6,9,26H2,1-2H3,(H,29,31). The van der Waals surface area contributed by atoms with Gasteiger partial charge in [0.1, 0.15) is 11.4 Å². The lowest BCUT2D eigenvalue weighted by atomic mass is 10.0. The fourth-order valence-corrected chi connectivity index (χ4v) is 3.86. The molecule has 1 amide bonds. The highest BCUT2D eigenvalue weighted by molar-refractivity contribution is 6.24. The second-order valence-electron chi connectivity index (χ2n) is 8.44. The Morgan fingerprint density at radius 2 is 1.88 bits per heavy atom. The van der Waals surface area contributed by atoms with Gasteiger partial charge < -0.3 is 25.4 Å². The van der Waals surface area contributed by atoms with Crippen LogP contribution in [0.5, 0.6) is 5.75 Å². The lowest BCUT2D eigenvalue weighted by Gasteiger charge is -2.31. The van der Waals surface area contributed by atoms with E-state index in [0.717, 1.165) is 23.2 Å². The zero-order valence-corrected chi connectivity index (χ0v) is 18.2. The molecular weight excluding hydrogens is 439 g/mol. The Labute approximate surface area is 188 Å². The molecular formula is C22H24F3N5O3. The Bertz CT molecular complexity index is 1080. The predicted molar refractivity (Wildman–Crippen MR) is 116 cm³/mol. The number of carbonyl (C=O) groups is 1. The molecule has 2 aliphatic heterocycles. The number of carbonyl (C=O) groups excluding carboxylic acids is 1. The molecule has 11 heteroatoms. The first-order valence-corrected chi connectivity index (χ1v) is 10.4. The van der Waals surface area contributed by atoms with Gasteiger partial charge in [-0.15, -0.1) is 0 Å². The van der Waals surface area contributed by atoms with Crippen LogP contribution in [-0.4, -0.2) is 47.8 Å². The summed E-state index contributed by atoms with van der Waals surface area (Å²) in [7, 11) is 0. The first kappa shape index (κ1) is 22.8. The van der Waals surface area contributed by atoms with Gasteiger partial charge in [0.2, 0.25) is 0 Å². The minimum atomic E-state index is -4.58. The van der Waals surface area contributed by atoms with Crippen LogP contribution >= 0.6 is 0 Å². The highest BCUT2D eigenvalue weighted by Gasteiger charge is 2.33. The first-order valence-electron chi connectivity index (χ1n) is 10.4. The number of hydrogen-bond acceptors (Lipinski definition) is 7. The third kappa shape index (κ3) is 4.87. The molecule has 1 aromatic heterocycles. The molecule has 3 heterocycles. The van der Waals surface area contributed by atoms with Crippen LogP contribution in [0.2, 0.25) is 0 Å². The van der Waals surface area contributed by atoms with E-state index in [2.05, 4.69) is 20.2 Å². The van der Waals surface area contributed by atoms with Crippen LogP contribution in [0, 0.1) is 0 Å². The van der Waals surface area contributed by atoms with Crippen LogP contribution in [0.3, 0.4) is 0 Å². The summed E-state index contributed by atoms with van der Waals surface area (Å²) in [4.78, 5) is 22.5. The number of nitrogens with two attached hydrogens (primary N) is 1. The topological polar surface area (TPSA) is 103 Å². The summed E-state index contributed by atoms with van der Waals surface area (Å²) < 4.78 is 49.9. The molecule has 1 saturated heterocycles. The molecule has 3 N–H and O–H groups in total. The molecule has 2 aromatic rings. The maximum Gasteiger partial charge on any atom is 0.419 e. The predicted octanol–water partition coefficient (Wildman–Crippen LogP) is 2.98. The minimum absolute atomic E-state index is 0.145. The summed E-state index contributed by atoms with van der Waals surface area (Å²) in [5, 5.41) is 2.83. The van der Waals surface area contributed by atoms with E-state index in [-0.39, 0.29) is 17.0 Å². The fourth-order valence-electron chi connectivity index (χ4n) is 3.86. The Balaban J connectivity index is 1.63. The third-order valence-electron chi connectivity index (χ3n) is 5.41. The van der Waals surface area contributed by atoms with Crippen molar-refractivity contribution in [3.05, 3.63) is 47.7 Å². The van der Waals surface area contributed by atoms with Crippen LogP contribution in [-0.2, 0) is 22.1 Å². The Morgan fingerprint density at radius 3 is 2.48 bits per heavy atom. The molecule has 0 bridgehead atoms. The summed E-state index contributed by atoms with van der Waals surface area (Å²) in [6.45, 7) is 6.32. The summed E-state index contributed by atoms with van der Waals surface area (Å²) in [6, 6.07) is 3.75. The van der Waals surface area contributed by atoms with E-state index < -0.39 is 17.6 Å². The van der Waals surface area contributed by atoms with E-state index in [1.807, 2.05) is 26.0 Å². The maximum absolute atomic E-state index is 13.1. The zero-order valence-electron chi connectivity index (χ0n) is 18.2. The van der Waals surface area contributed by atoms with Crippen LogP contribution in [0.1, 0.15) is 30.8 Å². The monoisotopic (exact) mass is 463 g/mol. The fraction of sp³-hybridized carbons (Fsp3) is 0.409. The molecule has 1 aromatic carbocycles. The molecule has 0 unspecified atom stereocenters. The molecule has 8 nitrogen and oxygen atoms in total. The number of amides is 1. The molecule has 1 fully saturated rings. The third-order valence-corrected chi connectivity index (χ3v) is 5.41. The lowest BCUT2D eigenvalue weighted by molar-refractivity contribution is -0.138. The highest BCUT2D eigenvalue weighted by Crippen LogP contribution is 2.42. The molecule has 0 saturated carbocycles. The molecule has 33 heavy (non-hydrogen) atoms. The molecule has 4 rings (SSSR count). The van der Waals surface area contributed by atoms with Crippen molar-refractivity contribution in [2.45, 2.75) is 32.0 Å². The van der Waals surface area contributed by atoms with Crippen LogP contribution in [0.25, 0.3) is 5.57 Å². The van der Waals surface area contributed by atoms with Crippen LogP contribution in [0.4, 0.5) is 24.5 Å². The molecule has 0 atom stereocenters. The van der Waals surface area contributed by atoms with E-state index in [9.17, 15) is 18.0 Å². The second-order valence-corrected chi connectivity index (χ2v) is 8.44. The van der Waals surface area contributed by atoms with Crippen LogP contribution < -0.4 is 20.7 Å². The van der Waals surface area contributed by atoms with Gasteiger partial charge in [0.25, 0.3) is 5.91 Å². The van der Waals surface area contributed by atoms with Gasteiger partial charge in [0.05, 0.1) is 35.7 Å². The molecule has 176 valence electrons.